The Labute approximate surface area is 135 Å². The normalized spacial score (nSPS) is 18.5. The molecule has 1 unspecified atom stereocenters. The van der Waals surface area contributed by atoms with Gasteiger partial charge in [-0.25, -0.2) is 0 Å². The molecule has 22 heavy (non-hydrogen) atoms. The van der Waals surface area contributed by atoms with Gasteiger partial charge in [0.1, 0.15) is 11.3 Å². The van der Waals surface area contributed by atoms with E-state index < -0.39 is 0 Å². The Morgan fingerprint density at radius 3 is 3.14 bits per heavy atom. The van der Waals surface area contributed by atoms with Crippen molar-refractivity contribution in [2.45, 2.75) is 19.8 Å². The molecule has 0 spiro atoms. The first-order valence-corrected chi connectivity index (χ1v) is 7.97. The monoisotopic (exact) mass is 318 g/mol. The number of carbonyl (C=O) groups is 1. The highest BCUT2D eigenvalue weighted by atomic mass is 35.5. The predicted octanol–water partition coefficient (Wildman–Crippen LogP) is 3.53. The van der Waals surface area contributed by atoms with Crippen molar-refractivity contribution < 1.29 is 9.53 Å². The first kappa shape index (κ1) is 15.1. The van der Waals surface area contributed by atoms with Gasteiger partial charge in [-0.05, 0) is 43.0 Å². The lowest BCUT2D eigenvalue weighted by molar-refractivity contribution is -0.135. The molecule has 1 saturated heterocycles. The van der Waals surface area contributed by atoms with E-state index in [4.69, 9.17) is 16.3 Å². The molecule has 3 rings (SSSR count). The van der Waals surface area contributed by atoms with Crippen LogP contribution >= 0.6 is 11.6 Å². The Morgan fingerprint density at radius 1 is 1.45 bits per heavy atom. The Hall–Kier alpha value is -1.81. The summed E-state index contributed by atoms with van der Waals surface area (Å²) < 4.78 is 5.71. The number of hydrogen-bond acceptors (Lipinski definition) is 3. The quantitative estimate of drug-likeness (QED) is 0.869. The van der Waals surface area contributed by atoms with Crippen LogP contribution < -0.4 is 4.74 Å². The number of aromatic nitrogens is 1. The fraction of sp³-hybridized carbons (Fsp3) is 0.412. The van der Waals surface area contributed by atoms with Crippen molar-refractivity contribution in [1.29, 1.82) is 0 Å². The number of amides is 1. The number of halogens is 1. The van der Waals surface area contributed by atoms with Gasteiger partial charge < -0.3 is 9.64 Å². The minimum absolute atomic E-state index is 0.0329. The van der Waals surface area contributed by atoms with Gasteiger partial charge in [0, 0.05) is 24.7 Å². The van der Waals surface area contributed by atoms with Crippen LogP contribution in [0.2, 0.25) is 5.02 Å². The number of piperidine rings is 1. The highest BCUT2D eigenvalue weighted by Gasteiger charge is 2.21. The third-order valence-electron chi connectivity index (χ3n) is 4.04. The van der Waals surface area contributed by atoms with E-state index in [9.17, 15) is 4.79 Å². The van der Waals surface area contributed by atoms with Crippen molar-refractivity contribution in [3.05, 3.63) is 35.5 Å². The summed E-state index contributed by atoms with van der Waals surface area (Å²) in [6.45, 7) is 3.87. The number of ether oxygens (including phenoxy) is 1. The second-order valence-corrected chi connectivity index (χ2v) is 6.23. The van der Waals surface area contributed by atoms with E-state index in [1.807, 2.05) is 17.0 Å². The van der Waals surface area contributed by atoms with Crippen molar-refractivity contribution in [3.8, 4) is 5.75 Å². The molecule has 0 aliphatic carbocycles. The Kier molecular flexibility index (Phi) is 4.48. The maximum absolute atomic E-state index is 12.3. The van der Waals surface area contributed by atoms with Crippen LogP contribution in [0.15, 0.2) is 30.5 Å². The second-order valence-electron chi connectivity index (χ2n) is 5.82. The number of benzene rings is 1. The van der Waals surface area contributed by atoms with Gasteiger partial charge in [0.25, 0.3) is 5.91 Å². The molecule has 2 heterocycles. The average molecular weight is 319 g/mol. The van der Waals surface area contributed by atoms with Crippen LogP contribution in [-0.4, -0.2) is 35.5 Å². The molecule has 1 fully saturated rings. The summed E-state index contributed by atoms with van der Waals surface area (Å²) in [4.78, 5) is 18.5. The minimum atomic E-state index is 0.0329. The van der Waals surface area contributed by atoms with E-state index in [0.29, 0.717) is 22.2 Å². The molecule has 5 heteroatoms. The maximum atomic E-state index is 12.3. The van der Waals surface area contributed by atoms with Crippen LogP contribution in [0.25, 0.3) is 10.9 Å². The van der Waals surface area contributed by atoms with Gasteiger partial charge in [0.15, 0.2) is 6.61 Å². The van der Waals surface area contributed by atoms with E-state index in [0.717, 1.165) is 24.9 Å². The lowest BCUT2D eigenvalue weighted by Gasteiger charge is -2.30. The molecule has 1 aromatic carbocycles. The zero-order chi connectivity index (χ0) is 15.5. The lowest BCUT2D eigenvalue weighted by Crippen LogP contribution is -2.41. The number of pyridine rings is 1. The van der Waals surface area contributed by atoms with E-state index >= 15 is 0 Å². The maximum Gasteiger partial charge on any atom is 0.260 e. The Balaban J connectivity index is 1.71. The lowest BCUT2D eigenvalue weighted by atomic mass is 10.0. The van der Waals surface area contributed by atoms with Crippen LogP contribution in [0.1, 0.15) is 19.8 Å². The molecule has 1 aliphatic rings. The van der Waals surface area contributed by atoms with Gasteiger partial charge >= 0.3 is 0 Å². The van der Waals surface area contributed by atoms with Crippen molar-refractivity contribution in [1.82, 2.24) is 9.88 Å². The highest BCUT2D eigenvalue weighted by molar-refractivity contribution is 6.35. The first-order valence-electron chi connectivity index (χ1n) is 7.59. The molecule has 4 nitrogen and oxygen atoms in total. The molecule has 0 bridgehead atoms. The third kappa shape index (κ3) is 3.17. The molecule has 2 aromatic rings. The molecule has 1 aliphatic heterocycles. The summed E-state index contributed by atoms with van der Waals surface area (Å²) in [5, 5.41) is 1.47. The van der Waals surface area contributed by atoms with Crippen LogP contribution in [-0.2, 0) is 4.79 Å². The van der Waals surface area contributed by atoms with E-state index in [-0.39, 0.29) is 12.5 Å². The number of likely N-dealkylation sites (tertiary alicyclic amines) is 1. The summed E-state index contributed by atoms with van der Waals surface area (Å²) >= 11 is 6.16. The standard InChI is InChI=1S/C17H19ClN2O2/c1-12-4-3-9-20(10-12)16(21)11-22-15-7-6-14(18)13-5-2-8-19-17(13)15/h2,5-8,12H,3-4,9-11H2,1H3. The van der Waals surface area contributed by atoms with Crippen molar-refractivity contribution in [2.75, 3.05) is 19.7 Å². The molecule has 0 radical (unpaired) electrons. The fourth-order valence-corrected chi connectivity index (χ4v) is 3.09. The summed E-state index contributed by atoms with van der Waals surface area (Å²) in [7, 11) is 0. The topological polar surface area (TPSA) is 42.4 Å². The zero-order valence-electron chi connectivity index (χ0n) is 12.6. The largest absolute Gasteiger partial charge is 0.481 e. The van der Waals surface area contributed by atoms with Crippen LogP contribution in [0, 0.1) is 5.92 Å². The van der Waals surface area contributed by atoms with Crippen molar-refractivity contribution in [2.24, 2.45) is 5.92 Å². The van der Waals surface area contributed by atoms with E-state index in [2.05, 4.69) is 11.9 Å². The molecule has 0 saturated carbocycles. The molecular weight excluding hydrogens is 300 g/mol. The van der Waals surface area contributed by atoms with Gasteiger partial charge in [-0.15, -0.1) is 0 Å². The number of rotatable bonds is 3. The summed E-state index contributed by atoms with van der Waals surface area (Å²) in [6.07, 6.45) is 3.95. The van der Waals surface area contributed by atoms with Crippen molar-refractivity contribution in [3.63, 3.8) is 0 Å². The first-order chi connectivity index (χ1) is 10.6. The third-order valence-corrected chi connectivity index (χ3v) is 4.37. The molecule has 1 atom stereocenters. The Morgan fingerprint density at radius 2 is 2.32 bits per heavy atom. The predicted molar refractivity (Wildman–Crippen MR) is 87.2 cm³/mol. The second kappa shape index (κ2) is 6.53. The van der Waals surface area contributed by atoms with Gasteiger partial charge in [-0.2, -0.15) is 0 Å². The molecule has 1 aromatic heterocycles. The summed E-state index contributed by atoms with van der Waals surface area (Å²) in [5.41, 5.74) is 0.690. The van der Waals surface area contributed by atoms with Crippen LogP contribution in [0.3, 0.4) is 0 Å². The summed E-state index contributed by atoms with van der Waals surface area (Å²) in [6, 6.07) is 7.27. The molecule has 0 N–H and O–H groups in total. The van der Waals surface area contributed by atoms with Gasteiger partial charge in [-0.3, -0.25) is 9.78 Å². The molecule has 1 amide bonds. The van der Waals surface area contributed by atoms with Crippen LogP contribution in [0.5, 0.6) is 5.75 Å². The average Bonchev–Trinajstić information content (AvgIpc) is 2.54. The number of carbonyl (C=O) groups excluding carboxylic acids is 1. The molecular formula is C17H19ClN2O2. The number of nitrogens with zero attached hydrogens (tertiary/aromatic N) is 2. The molecule has 116 valence electrons. The SMILES string of the molecule is CC1CCCN(C(=O)COc2ccc(Cl)c3cccnc23)C1. The van der Waals surface area contributed by atoms with Gasteiger partial charge in [0.05, 0.1) is 5.02 Å². The highest BCUT2D eigenvalue weighted by Crippen LogP contribution is 2.29. The minimum Gasteiger partial charge on any atom is -0.481 e. The smallest absolute Gasteiger partial charge is 0.260 e. The van der Waals surface area contributed by atoms with Crippen molar-refractivity contribution >= 4 is 28.4 Å². The number of hydrogen-bond donors (Lipinski definition) is 0. The van der Waals surface area contributed by atoms with Gasteiger partial charge in [0.2, 0.25) is 0 Å². The zero-order valence-corrected chi connectivity index (χ0v) is 13.3. The fourth-order valence-electron chi connectivity index (χ4n) is 2.88. The van der Waals surface area contributed by atoms with E-state index in [1.54, 1.807) is 18.3 Å². The number of fused-ring (bicyclic) bond motifs is 1. The van der Waals surface area contributed by atoms with Gasteiger partial charge in [-0.1, -0.05) is 18.5 Å². The Bertz CT molecular complexity index is 689. The summed E-state index contributed by atoms with van der Waals surface area (Å²) in [5.74, 6) is 1.19. The van der Waals surface area contributed by atoms with Crippen LogP contribution in [0.4, 0.5) is 0 Å². The van der Waals surface area contributed by atoms with E-state index in [1.165, 1.54) is 6.42 Å².